The Morgan fingerprint density at radius 2 is 1.84 bits per heavy atom. The highest BCUT2D eigenvalue weighted by Crippen LogP contribution is 2.21. The molecule has 0 amide bonds. The van der Waals surface area contributed by atoms with Gasteiger partial charge in [-0.25, -0.2) is 4.79 Å². The van der Waals surface area contributed by atoms with Crippen LogP contribution in [0.3, 0.4) is 0 Å². The van der Waals surface area contributed by atoms with E-state index in [0.717, 1.165) is 0 Å². The molecule has 6 heteroatoms. The van der Waals surface area contributed by atoms with Crippen molar-refractivity contribution in [2.75, 3.05) is 5.32 Å². The van der Waals surface area contributed by atoms with E-state index in [2.05, 4.69) is 5.32 Å². The number of hydrogen-bond donors (Lipinski definition) is 2. The van der Waals surface area contributed by atoms with E-state index in [9.17, 15) is 4.79 Å². The summed E-state index contributed by atoms with van der Waals surface area (Å²) in [5, 5.41) is 37.9. The van der Waals surface area contributed by atoms with Gasteiger partial charge in [0.1, 0.15) is 23.9 Å². The van der Waals surface area contributed by atoms with Gasteiger partial charge in [-0.2, -0.15) is 15.8 Å². The summed E-state index contributed by atoms with van der Waals surface area (Å²) in [6, 6.07) is 9.49. The van der Waals surface area contributed by atoms with Crippen LogP contribution in [0.2, 0.25) is 0 Å². The minimum absolute atomic E-state index is 0.00882. The van der Waals surface area contributed by atoms with E-state index >= 15 is 0 Å². The van der Waals surface area contributed by atoms with Gasteiger partial charge in [0.2, 0.25) is 0 Å². The molecule has 0 bridgehead atoms. The largest absolute Gasteiger partial charge is 0.478 e. The molecule has 0 aliphatic carbocycles. The average Bonchev–Trinajstić information content (AvgIpc) is 2.38. The number of hydrogen-bond acceptors (Lipinski definition) is 5. The fraction of sp³-hybridized carbons (Fsp3) is 0.0769. The third kappa shape index (κ3) is 2.88. The molecule has 0 spiro atoms. The standard InChI is InChI=1S/C13H8N4O2/c1-8-3-2-4-10(12(8)13(18)19)17-11(7-16)9(5-14)6-15/h2-4,17H,1H3,(H,18,19). The molecule has 0 heterocycles. The molecule has 0 atom stereocenters. The summed E-state index contributed by atoms with van der Waals surface area (Å²) in [6.45, 7) is 1.61. The highest BCUT2D eigenvalue weighted by atomic mass is 16.4. The molecule has 0 saturated heterocycles. The second-order valence-corrected chi connectivity index (χ2v) is 3.51. The summed E-state index contributed by atoms with van der Waals surface area (Å²) >= 11 is 0. The number of rotatable bonds is 3. The van der Waals surface area contributed by atoms with Crippen LogP contribution in [0.5, 0.6) is 0 Å². The van der Waals surface area contributed by atoms with Gasteiger partial charge in [-0.3, -0.25) is 0 Å². The quantitative estimate of drug-likeness (QED) is 0.793. The lowest BCUT2D eigenvalue weighted by molar-refractivity contribution is 0.0697. The predicted octanol–water partition coefficient (Wildman–Crippen LogP) is 1.93. The number of carboxylic acids is 1. The molecule has 6 nitrogen and oxygen atoms in total. The number of nitrogens with one attached hydrogen (secondary N) is 1. The molecule has 1 aromatic carbocycles. The monoisotopic (exact) mass is 252 g/mol. The van der Waals surface area contributed by atoms with Crippen LogP contribution < -0.4 is 5.32 Å². The Hall–Kier alpha value is -3.30. The van der Waals surface area contributed by atoms with Crippen molar-refractivity contribution in [2.45, 2.75) is 6.92 Å². The molecule has 0 unspecified atom stereocenters. The van der Waals surface area contributed by atoms with Crippen LogP contribution in [-0.4, -0.2) is 11.1 Å². The summed E-state index contributed by atoms with van der Waals surface area (Å²) < 4.78 is 0. The summed E-state index contributed by atoms with van der Waals surface area (Å²) in [5.41, 5.74) is -0.0266. The molecule has 0 saturated carbocycles. The zero-order chi connectivity index (χ0) is 14.4. The van der Waals surface area contributed by atoms with E-state index < -0.39 is 11.5 Å². The Morgan fingerprint density at radius 3 is 2.32 bits per heavy atom. The Labute approximate surface area is 109 Å². The van der Waals surface area contributed by atoms with Gasteiger partial charge in [0.25, 0.3) is 0 Å². The minimum Gasteiger partial charge on any atom is -0.478 e. The lowest BCUT2D eigenvalue weighted by atomic mass is 10.1. The molecule has 0 aromatic heterocycles. The van der Waals surface area contributed by atoms with Crippen LogP contribution >= 0.6 is 0 Å². The number of carboxylic acid groups (broad SMARTS) is 1. The van der Waals surface area contributed by atoms with Crippen molar-refractivity contribution < 1.29 is 9.90 Å². The van der Waals surface area contributed by atoms with Crippen molar-refractivity contribution in [1.82, 2.24) is 0 Å². The minimum atomic E-state index is -1.16. The summed E-state index contributed by atoms with van der Waals surface area (Å²) in [5.74, 6) is -1.16. The third-order valence-electron chi connectivity index (χ3n) is 2.33. The zero-order valence-electron chi connectivity index (χ0n) is 9.93. The van der Waals surface area contributed by atoms with Crippen LogP contribution in [0.25, 0.3) is 0 Å². The fourth-order valence-electron chi connectivity index (χ4n) is 1.47. The Kier molecular flexibility index (Phi) is 4.24. The predicted molar refractivity (Wildman–Crippen MR) is 65.6 cm³/mol. The number of nitriles is 3. The first-order valence-electron chi connectivity index (χ1n) is 5.09. The Balaban J connectivity index is 3.37. The second kappa shape index (κ2) is 5.86. The van der Waals surface area contributed by atoms with E-state index in [1.807, 2.05) is 0 Å². The number of aromatic carboxylic acids is 1. The summed E-state index contributed by atoms with van der Waals surface area (Å²) in [4.78, 5) is 11.2. The Morgan fingerprint density at radius 1 is 1.21 bits per heavy atom. The van der Waals surface area contributed by atoms with Crippen LogP contribution in [0, 0.1) is 40.9 Å². The maximum atomic E-state index is 11.2. The summed E-state index contributed by atoms with van der Waals surface area (Å²) in [6.07, 6.45) is 0. The van der Waals surface area contributed by atoms with Gasteiger partial charge in [-0.05, 0) is 18.6 Å². The van der Waals surface area contributed by atoms with E-state index in [1.54, 1.807) is 37.3 Å². The molecule has 0 aliphatic rings. The average molecular weight is 252 g/mol. The van der Waals surface area contributed by atoms with Gasteiger partial charge in [-0.1, -0.05) is 12.1 Å². The number of aryl methyl sites for hydroxylation is 1. The zero-order valence-corrected chi connectivity index (χ0v) is 9.93. The van der Waals surface area contributed by atoms with E-state index in [1.165, 1.54) is 6.07 Å². The van der Waals surface area contributed by atoms with Crippen molar-refractivity contribution >= 4 is 11.7 Å². The molecule has 1 aromatic rings. The topological polar surface area (TPSA) is 121 Å². The first-order chi connectivity index (χ1) is 9.04. The number of carbonyl (C=O) groups is 1. The first kappa shape index (κ1) is 13.8. The molecule has 92 valence electrons. The molecule has 0 aliphatic heterocycles. The molecule has 0 radical (unpaired) electrons. The van der Waals surface area contributed by atoms with Gasteiger partial charge in [0.05, 0.1) is 11.3 Å². The van der Waals surface area contributed by atoms with E-state index in [4.69, 9.17) is 20.9 Å². The van der Waals surface area contributed by atoms with E-state index in [-0.39, 0.29) is 16.9 Å². The highest BCUT2D eigenvalue weighted by Gasteiger charge is 2.15. The number of nitrogens with zero attached hydrogens (tertiary/aromatic N) is 3. The van der Waals surface area contributed by atoms with Crippen LogP contribution in [-0.2, 0) is 0 Å². The smallest absolute Gasteiger partial charge is 0.338 e. The number of anilines is 1. The lowest BCUT2D eigenvalue weighted by Gasteiger charge is -2.10. The normalized spacial score (nSPS) is 8.53. The molecule has 19 heavy (non-hydrogen) atoms. The van der Waals surface area contributed by atoms with Crippen LogP contribution in [0.1, 0.15) is 15.9 Å². The van der Waals surface area contributed by atoms with Gasteiger partial charge in [0, 0.05) is 0 Å². The van der Waals surface area contributed by atoms with Gasteiger partial charge in [-0.15, -0.1) is 0 Å². The second-order valence-electron chi connectivity index (χ2n) is 3.51. The van der Waals surface area contributed by atoms with Crippen molar-refractivity contribution in [3.8, 4) is 18.2 Å². The molecule has 1 rings (SSSR count). The van der Waals surface area contributed by atoms with Gasteiger partial charge < -0.3 is 10.4 Å². The van der Waals surface area contributed by atoms with Crippen molar-refractivity contribution in [2.24, 2.45) is 0 Å². The maximum Gasteiger partial charge on any atom is 0.338 e. The fourth-order valence-corrected chi connectivity index (χ4v) is 1.47. The lowest BCUT2D eigenvalue weighted by Crippen LogP contribution is -2.08. The molecule has 0 fully saturated rings. The van der Waals surface area contributed by atoms with Gasteiger partial charge >= 0.3 is 5.97 Å². The molecule has 2 N–H and O–H groups in total. The van der Waals surface area contributed by atoms with Crippen LogP contribution in [0.4, 0.5) is 5.69 Å². The first-order valence-corrected chi connectivity index (χ1v) is 5.09. The SMILES string of the molecule is Cc1cccc(NC(C#N)=C(C#N)C#N)c1C(=O)O. The number of benzene rings is 1. The van der Waals surface area contributed by atoms with Gasteiger partial charge in [0.15, 0.2) is 5.57 Å². The van der Waals surface area contributed by atoms with E-state index in [0.29, 0.717) is 5.56 Å². The number of allylic oxidation sites excluding steroid dienone is 2. The third-order valence-corrected chi connectivity index (χ3v) is 2.33. The summed E-state index contributed by atoms with van der Waals surface area (Å²) in [7, 11) is 0. The molecular weight excluding hydrogens is 244 g/mol. The van der Waals surface area contributed by atoms with Crippen molar-refractivity contribution in [3.63, 3.8) is 0 Å². The van der Waals surface area contributed by atoms with Crippen molar-refractivity contribution in [1.29, 1.82) is 15.8 Å². The molecular formula is C13H8N4O2. The van der Waals surface area contributed by atoms with Crippen LogP contribution in [0.15, 0.2) is 29.5 Å². The maximum absolute atomic E-state index is 11.2. The van der Waals surface area contributed by atoms with Crippen molar-refractivity contribution in [3.05, 3.63) is 40.6 Å². The Bertz CT molecular complexity index is 668. The highest BCUT2D eigenvalue weighted by molar-refractivity contribution is 5.96.